The van der Waals surface area contributed by atoms with Gasteiger partial charge < -0.3 is 10.5 Å². The van der Waals surface area contributed by atoms with Crippen LogP contribution in [0.15, 0.2) is 30.3 Å². The number of aromatic nitrogens is 1. The standard InChI is InChI=1S/C16H17N3O/c1-3-14-16(6-4-11(2)19-14)20-15-7-5-12(9-17)8-13(15)10-18/h4-8H,3,9,17H2,1-2H3. The Balaban J connectivity index is 2.37. The van der Waals surface area contributed by atoms with Crippen molar-refractivity contribution < 1.29 is 4.74 Å². The number of benzene rings is 1. The van der Waals surface area contributed by atoms with E-state index < -0.39 is 0 Å². The molecule has 4 nitrogen and oxygen atoms in total. The first-order chi connectivity index (χ1) is 9.67. The average molecular weight is 267 g/mol. The Morgan fingerprint density at radius 2 is 2.00 bits per heavy atom. The molecular formula is C16H17N3O. The smallest absolute Gasteiger partial charge is 0.148 e. The van der Waals surface area contributed by atoms with Crippen molar-refractivity contribution in [1.29, 1.82) is 5.26 Å². The normalized spacial score (nSPS) is 10.1. The first-order valence-corrected chi connectivity index (χ1v) is 6.55. The van der Waals surface area contributed by atoms with E-state index in [0.29, 0.717) is 23.6 Å². The molecule has 0 aliphatic rings. The van der Waals surface area contributed by atoms with Crippen LogP contribution in [0, 0.1) is 18.3 Å². The molecule has 0 fully saturated rings. The predicted octanol–water partition coefficient (Wildman–Crippen LogP) is 3.08. The van der Waals surface area contributed by atoms with Gasteiger partial charge in [-0.1, -0.05) is 13.0 Å². The highest BCUT2D eigenvalue weighted by Crippen LogP contribution is 2.28. The summed E-state index contributed by atoms with van der Waals surface area (Å²) in [5.41, 5.74) is 8.81. The van der Waals surface area contributed by atoms with Gasteiger partial charge in [0.15, 0.2) is 0 Å². The lowest BCUT2D eigenvalue weighted by molar-refractivity contribution is 0.471. The fourth-order valence-electron chi connectivity index (χ4n) is 1.94. The minimum Gasteiger partial charge on any atom is -0.454 e. The molecule has 0 radical (unpaired) electrons. The lowest BCUT2D eigenvalue weighted by Gasteiger charge is -2.11. The molecule has 1 heterocycles. The zero-order valence-electron chi connectivity index (χ0n) is 11.7. The molecule has 2 N–H and O–H groups in total. The van der Waals surface area contributed by atoms with Gasteiger partial charge in [-0.2, -0.15) is 5.26 Å². The van der Waals surface area contributed by atoms with Gasteiger partial charge in [0, 0.05) is 12.2 Å². The van der Waals surface area contributed by atoms with Crippen molar-refractivity contribution in [2.75, 3.05) is 0 Å². The first kappa shape index (κ1) is 14.0. The second kappa shape index (κ2) is 6.18. The Morgan fingerprint density at radius 3 is 2.65 bits per heavy atom. The van der Waals surface area contributed by atoms with Gasteiger partial charge in [-0.25, -0.2) is 0 Å². The quantitative estimate of drug-likeness (QED) is 0.924. The molecule has 0 unspecified atom stereocenters. The third kappa shape index (κ3) is 2.95. The minimum absolute atomic E-state index is 0.404. The third-order valence-electron chi connectivity index (χ3n) is 3.03. The summed E-state index contributed by atoms with van der Waals surface area (Å²) < 4.78 is 5.85. The van der Waals surface area contributed by atoms with Crippen LogP contribution < -0.4 is 10.5 Å². The van der Waals surface area contributed by atoms with Crippen molar-refractivity contribution in [3.05, 3.63) is 52.8 Å². The maximum absolute atomic E-state index is 9.20. The largest absolute Gasteiger partial charge is 0.454 e. The Hall–Kier alpha value is -2.38. The molecule has 0 atom stereocenters. The van der Waals surface area contributed by atoms with Gasteiger partial charge in [0.2, 0.25) is 0 Å². The van der Waals surface area contributed by atoms with E-state index in [9.17, 15) is 5.26 Å². The molecule has 0 aliphatic heterocycles. The number of pyridine rings is 1. The number of ether oxygens (including phenoxy) is 1. The zero-order chi connectivity index (χ0) is 14.5. The van der Waals surface area contributed by atoms with Crippen molar-refractivity contribution >= 4 is 0 Å². The van der Waals surface area contributed by atoms with Crippen molar-refractivity contribution in [3.8, 4) is 17.6 Å². The van der Waals surface area contributed by atoms with Crippen molar-refractivity contribution in [2.45, 2.75) is 26.8 Å². The topological polar surface area (TPSA) is 71.9 Å². The fraction of sp³-hybridized carbons (Fsp3) is 0.250. The number of nitriles is 1. The Bertz CT molecular complexity index is 659. The predicted molar refractivity (Wildman–Crippen MR) is 77.5 cm³/mol. The molecular weight excluding hydrogens is 250 g/mol. The van der Waals surface area contributed by atoms with Crippen LogP contribution in [-0.2, 0) is 13.0 Å². The lowest BCUT2D eigenvalue weighted by atomic mass is 10.1. The summed E-state index contributed by atoms with van der Waals surface area (Å²) in [5, 5.41) is 9.20. The van der Waals surface area contributed by atoms with Gasteiger partial charge in [-0.3, -0.25) is 4.98 Å². The van der Waals surface area contributed by atoms with Crippen LogP contribution in [0.2, 0.25) is 0 Å². The van der Waals surface area contributed by atoms with E-state index in [1.807, 2.05) is 32.0 Å². The summed E-state index contributed by atoms with van der Waals surface area (Å²) >= 11 is 0. The second-order valence-corrected chi connectivity index (χ2v) is 4.50. The molecule has 0 spiro atoms. The van der Waals surface area contributed by atoms with Crippen LogP contribution in [0.4, 0.5) is 0 Å². The van der Waals surface area contributed by atoms with Crippen LogP contribution >= 0.6 is 0 Å². The number of rotatable bonds is 4. The SMILES string of the molecule is CCc1nc(C)ccc1Oc1ccc(CN)cc1C#N. The van der Waals surface area contributed by atoms with Gasteiger partial charge in [0.25, 0.3) is 0 Å². The second-order valence-electron chi connectivity index (χ2n) is 4.50. The molecule has 2 aromatic rings. The summed E-state index contributed by atoms with van der Waals surface area (Å²) in [4.78, 5) is 4.45. The van der Waals surface area contributed by atoms with E-state index in [1.165, 1.54) is 0 Å². The third-order valence-corrected chi connectivity index (χ3v) is 3.03. The summed E-state index contributed by atoms with van der Waals surface area (Å²) in [5.74, 6) is 1.22. The summed E-state index contributed by atoms with van der Waals surface area (Å²) in [6.07, 6.45) is 0.778. The molecule has 20 heavy (non-hydrogen) atoms. The van der Waals surface area contributed by atoms with Crippen molar-refractivity contribution in [1.82, 2.24) is 4.98 Å². The number of hydrogen-bond donors (Lipinski definition) is 1. The minimum atomic E-state index is 0.404. The monoisotopic (exact) mass is 267 g/mol. The van der Waals surface area contributed by atoms with E-state index in [0.717, 1.165) is 23.4 Å². The van der Waals surface area contributed by atoms with Crippen LogP contribution in [0.25, 0.3) is 0 Å². The lowest BCUT2D eigenvalue weighted by Crippen LogP contribution is -1.99. The van der Waals surface area contributed by atoms with Gasteiger partial charge in [-0.05, 0) is 43.2 Å². The summed E-state index contributed by atoms with van der Waals surface area (Å²) in [7, 11) is 0. The van der Waals surface area contributed by atoms with E-state index in [4.69, 9.17) is 10.5 Å². The number of nitrogens with two attached hydrogens (primary N) is 1. The maximum atomic E-state index is 9.20. The summed E-state index contributed by atoms with van der Waals surface area (Å²) in [6.45, 7) is 4.37. The van der Waals surface area contributed by atoms with Crippen LogP contribution in [0.5, 0.6) is 11.5 Å². The fourth-order valence-corrected chi connectivity index (χ4v) is 1.94. The molecule has 4 heteroatoms. The summed E-state index contributed by atoms with van der Waals surface area (Å²) in [6, 6.07) is 11.3. The van der Waals surface area contributed by atoms with Gasteiger partial charge in [-0.15, -0.1) is 0 Å². The van der Waals surface area contributed by atoms with Gasteiger partial charge >= 0.3 is 0 Å². The van der Waals surface area contributed by atoms with Crippen LogP contribution in [0.3, 0.4) is 0 Å². The Morgan fingerprint density at radius 1 is 1.25 bits per heavy atom. The first-order valence-electron chi connectivity index (χ1n) is 6.55. The van der Waals surface area contributed by atoms with Crippen molar-refractivity contribution in [3.63, 3.8) is 0 Å². The molecule has 102 valence electrons. The molecule has 0 aliphatic carbocycles. The number of hydrogen-bond acceptors (Lipinski definition) is 4. The maximum Gasteiger partial charge on any atom is 0.148 e. The molecule has 0 saturated carbocycles. The molecule has 0 saturated heterocycles. The van der Waals surface area contributed by atoms with Crippen LogP contribution in [-0.4, -0.2) is 4.98 Å². The Kier molecular flexibility index (Phi) is 4.34. The number of nitrogens with zero attached hydrogens (tertiary/aromatic N) is 2. The average Bonchev–Trinajstić information content (AvgIpc) is 2.49. The van der Waals surface area contributed by atoms with Gasteiger partial charge in [0.05, 0.1) is 11.3 Å². The molecule has 2 rings (SSSR count). The van der Waals surface area contributed by atoms with E-state index in [2.05, 4.69) is 11.1 Å². The number of aryl methyl sites for hydroxylation is 2. The van der Waals surface area contributed by atoms with Crippen molar-refractivity contribution in [2.24, 2.45) is 5.73 Å². The zero-order valence-corrected chi connectivity index (χ0v) is 11.7. The van der Waals surface area contributed by atoms with Gasteiger partial charge in [0.1, 0.15) is 17.6 Å². The van der Waals surface area contributed by atoms with E-state index >= 15 is 0 Å². The molecule has 1 aromatic carbocycles. The molecule has 0 bridgehead atoms. The van der Waals surface area contributed by atoms with E-state index in [-0.39, 0.29) is 0 Å². The highest BCUT2D eigenvalue weighted by Gasteiger charge is 2.09. The van der Waals surface area contributed by atoms with E-state index in [1.54, 1.807) is 12.1 Å². The highest BCUT2D eigenvalue weighted by atomic mass is 16.5. The molecule has 1 aromatic heterocycles. The Labute approximate surface area is 118 Å². The highest BCUT2D eigenvalue weighted by molar-refractivity contribution is 5.48. The molecule has 0 amide bonds. The van der Waals surface area contributed by atoms with Crippen LogP contribution in [0.1, 0.15) is 29.4 Å².